The van der Waals surface area contributed by atoms with Crippen LogP contribution in [0.15, 0.2) is 0 Å². The Bertz CT molecular complexity index is 215. The van der Waals surface area contributed by atoms with E-state index in [9.17, 15) is 9.59 Å². The van der Waals surface area contributed by atoms with Crippen LogP contribution in [0.4, 0.5) is 0 Å². The number of ether oxygens (including phenoxy) is 2. The van der Waals surface area contributed by atoms with Gasteiger partial charge in [-0.3, -0.25) is 9.59 Å². The maximum Gasteiger partial charge on any atom is 0.311 e. The zero-order valence-electron chi connectivity index (χ0n) is 9.12. The van der Waals surface area contributed by atoms with Gasteiger partial charge in [-0.05, 0) is 27.7 Å². The molecule has 4 nitrogen and oxygen atoms in total. The van der Waals surface area contributed by atoms with Gasteiger partial charge in [-0.1, -0.05) is 0 Å². The Morgan fingerprint density at radius 2 is 1.86 bits per heavy atom. The van der Waals surface area contributed by atoms with Crippen LogP contribution in [0.5, 0.6) is 0 Å². The highest BCUT2D eigenvalue weighted by Crippen LogP contribution is 2.15. The molecule has 0 rings (SSSR count). The van der Waals surface area contributed by atoms with Crippen molar-refractivity contribution in [3.8, 4) is 0 Å². The molecule has 1 atom stereocenters. The van der Waals surface area contributed by atoms with Crippen LogP contribution in [-0.2, 0) is 19.1 Å². The zero-order valence-corrected chi connectivity index (χ0v) is 9.12. The van der Waals surface area contributed by atoms with Crippen LogP contribution in [0.3, 0.4) is 0 Å². The second-order valence-corrected chi connectivity index (χ2v) is 4.08. The molecule has 0 aromatic carbocycles. The third-order valence-corrected chi connectivity index (χ3v) is 1.35. The fraction of sp³-hybridized carbons (Fsp3) is 0.700. The van der Waals surface area contributed by atoms with Gasteiger partial charge in [-0.2, -0.15) is 0 Å². The molecule has 1 radical (unpaired) electrons. The van der Waals surface area contributed by atoms with E-state index in [0.717, 1.165) is 0 Å². The summed E-state index contributed by atoms with van der Waals surface area (Å²) in [6.45, 7) is 10.0. The van der Waals surface area contributed by atoms with E-state index in [0.29, 0.717) is 0 Å². The van der Waals surface area contributed by atoms with Crippen molar-refractivity contribution in [3.63, 3.8) is 0 Å². The van der Waals surface area contributed by atoms with Crippen molar-refractivity contribution in [2.24, 2.45) is 5.41 Å². The monoisotopic (exact) mass is 201 g/mol. The maximum absolute atomic E-state index is 11.3. The van der Waals surface area contributed by atoms with Crippen LogP contribution in [-0.4, -0.2) is 24.6 Å². The summed E-state index contributed by atoms with van der Waals surface area (Å²) in [5.74, 6) is -0.768. The van der Waals surface area contributed by atoms with E-state index >= 15 is 0 Å². The third kappa shape index (κ3) is 5.56. The van der Waals surface area contributed by atoms with Gasteiger partial charge in [-0.25, -0.2) is 0 Å². The standard InChI is InChI=1S/C10H17O4/c1-7(14-8(2)11)6-13-9(12)10(3,4)5/h7H,1,6H2,2-5H3. The van der Waals surface area contributed by atoms with Crippen LogP contribution in [0, 0.1) is 12.3 Å². The van der Waals surface area contributed by atoms with E-state index in [-0.39, 0.29) is 12.6 Å². The molecule has 0 heterocycles. The maximum atomic E-state index is 11.3. The Morgan fingerprint density at radius 3 is 2.21 bits per heavy atom. The van der Waals surface area contributed by atoms with E-state index < -0.39 is 17.5 Å². The summed E-state index contributed by atoms with van der Waals surface area (Å²) in [4.78, 5) is 21.8. The molecule has 0 saturated heterocycles. The molecule has 14 heavy (non-hydrogen) atoms. The van der Waals surface area contributed by atoms with Crippen molar-refractivity contribution in [2.45, 2.75) is 33.8 Å². The van der Waals surface area contributed by atoms with Crippen molar-refractivity contribution in [1.82, 2.24) is 0 Å². The molecule has 0 fully saturated rings. The van der Waals surface area contributed by atoms with Crippen molar-refractivity contribution in [2.75, 3.05) is 6.61 Å². The fourth-order valence-electron chi connectivity index (χ4n) is 0.654. The van der Waals surface area contributed by atoms with Crippen LogP contribution < -0.4 is 0 Å². The molecular formula is C10H17O4. The summed E-state index contributed by atoms with van der Waals surface area (Å²) in [7, 11) is 0. The van der Waals surface area contributed by atoms with Crippen molar-refractivity contribution in [3.05, 3.63) is 6.92 Å². The summed E-state index contributed by atoms with van der Waals surface area (Å²) in [6, 6.07) is 0. The molecule has 0 aliphatic carbocycles. The predicted octanol–water partition coefficient (Wildman–Crippen LogP) is 1.34. The van der Waals surface area contributed by atoms with Gasteiger partial charge in [0, 0.05) is 6.92 Å². The number of carbonyl (C=O) groups excluding carboxylic acids is 2. The highest BCUT2D eigenvalue weighted by atomic mass is 16.6. The number of rotatable bonds is 3. The van der Waals surface area contributed by atoms with E-state index in [2.05, 4.69) is 11.7 Å². The van der Waals surface area contributed by atoms with Crippen molar-refractivity contribution in [1.29, 1.82) is 0 Å². The minimum Gasteiger partial charge on any atom is -0.461 e. The van der Waals surface area contributed by atoms with Gasteiger partial charge < -0.3 is 9.47 Å². The highest BCUT2D eigenvalue weighted by molar-refractivity contribution is 5.75. The van der Waals surface area contributed by atoms with Crippen LogP contribution in [0.2, 0.25) is 0 Å². The third-order valence-electron chi connectivity index (χ3n) is 1.35. The Hall–Kier alpha value is -1.06. The van der Waals surface area contributed by atoms with Crippen LogP contribution in [0.25, 0.3) is 0 Å². The summed E-state index contributed by atoms with van der Waals surface area (Å²) < 4.78 is 9.58. The Labute approximate surface area is 84.6 Å². The van der Waals surface area contributed by atoms with Crippen LogP contribution >= 0.6 is 0 Å². The smallest absolute Gasteiger partial charge is 0.311 e. The average Bonchev–Trinajstić information content (AvgIpc) is 1.96. The molecule has 0 aromatic heterocycles. The lowest BCUT2D eigenvalue weighted by atomic mass is 9.97. The molecule has 1 unspecified atom stereocenters. The molecule has 0 amide bonds. The number of esters is 2. The SMILES string of the molecule is [CH2]C(COC(=O)C(C)(C)C)OC(C)=O. The second-order valence-electron chi connectivity index (χ2n) is 4.08. The molecule has 0 spiro atoms. The van der Waals surface area contributed by atoms with Gasteiger partial charge in [-0.15, -0.1) is 0 Å². The molecule has 81 valence electrons. The Morgan fingerprint density at radius 1 is 1.36 bits per heavy atom. The first kappa shape index (κ1) is 12.9. The zero-order chi connectivity index (χ0) is 11.4. The molecule has 0 N–H and O–H groups in total. The molecule has 0 aromatic rings. The lowest BCUT2D eigenvalue weighted by molar-refractivity contribution is -0.160. The highest BCUT2D eigenvalue weighted by Gasteiger charge is 2.23. The molecular weight excluding hydrogens is 184 g/mol. The average molecular weight is 201 g/mol. The first-order valence-corrected chi connectivity index (χ1v) is 4.41. The molecule has 0 aliphatic heterocycles. The van der Waals surface area contributed by atoms with Crippen molar-refractivity contribution >= 4 is 11.9 Å². The molecule has 0 bridgehead atoms. The van der Waals surface area contributed by atoms with Gasteiger partial charge >= 0.3 is 11.9 Å². The molecule has 0 saturated carbocycles. The quantitative estimate of drug-likeness (QED) is 0.646. The van der Waals surface area contributed by atoms with Gasteiger partial charge in [0.05, 0.1) is 5.41 Å². The summed E-state index contributed by atoms with van der Waals surface area (Å²) in [5.41, 5.74) is -0.546. The number of hydrogen-bond donors (Lipinski definition) is 0. The Kier molecular flexibility index (Phi) is 4.60. The minimum atomic E-state index is -0.640. The fourth-order valence-corrected chi connectivity index (χ4v) is 0.654. The van der Waals surface area contributed by atoms with Gasteiger partial charge in [0.25, 0.3) is 0 Å². The summed E-state index contributed by atoms with van der Waals surface area (Å²) in [5, 5.41) is 0. The van der Waals surface area contributed by atoms with E-state index in [1.54, 1.807) is 20.8 Å². The largest absolute Gasteiger partial charge is 0.461 e. The Balaban J connectivity index is 3.84. The van der Waals surface area contributed by atoms with Crippen molar-refractivity contribution < 1.29 is 19.1 Å². The second kappa shape index (κ2) is 4.98. The first-order chi connectivity index (χ1) is 6.23. The first-order valence-electron chi connectivity index (χ1n) is 4.41. The van der Waals surface area contributed by atoms with Crippen LogP contribution in [0.1, 0.15) is 27.7 Å². The topological polar surface area (TPSA) is 52.6 Å². The molecule has 0 aliphatic rings. The lowest BCUT2D eigenvalue weighted by Gasteiger charge is -2.18. The van der Waals surface area contributed by atoms with E-state index in [1.165, 1.54) is 6.92 Å². The predicted molar refractivity (Wildman–Crippen MR) is 51.3 cm³/mol. The van der Waals surface area contributed by atoms with Gasteiger partial charge in [0.15, 0.2) is 0 Å². The van der Waals surface area contributed by atoms with E-state index in [4.69, 9.17) is 4.74 Å². The number of hydrogen-bond acceptors (Lipinski definition) is 4. The molecule has 4 heteroatoms. The van der Waals surface area contributed by atoms with Gasteiger partial charge in [0.2, 0.25) is 0 Å². The number of carbonyl (C=O) groups is 2. The lowest BCUT2D eigenvalue weighted by Crippen LogP contribution is -2.28. The summed E-state index contributed by atoms with van der Waals surface area (Å²) in [6.07, 6.45) is -0.640. The summed E-state index contributed by atoms with van der Waals surface area (Å²) >= 11 is 0. The normalized spacial score (nSPS) is 13.2. The van der Waals surface area contributed by atoms with Gasteiger partial charge in [0.1, 0.15) is 12.7 Å². The van der Waals surface area contributed by atoms with E-state index in [1.807, 2.05) is 0 Å². The minimum absolute atomic E-state index is 0.00428.